The molecule has 0 bridgehead atoms. The van der Waals surface area contributed by atoms with Gasteiger partial charge in [-0.2, -0.15) is 0 Å². The topological polar surface area (TPSA) is 12.5 Å². The zero-order valence-electron chi connectivity index (χ0n) is 10.2. The molecule has 90 valence electrons. The van der Waals surface area contributed by atoms with Gasteiger partial charge in [-0.1, -0.05) is 18.2 Å². The standard InChI is InChI=1S/C13H20FNO/c1-11(2)16-9-8-15(3)10-12-6-4-5-7-13(12)14/h4-7,11H,8-10H2,1-3H3. The Morgan fingerprint density at radius 1 is 1.31 bits per heavy atom. The predicted molar refractivity (Wildman–Crippen MR) is 63.8 cm³/mol. The molecule has 0 aliphatic rings. The highest BCUT2D eigenvalue weighted by Crippen LogP contribution is 2.08. The molecule has 1 aromatic rings. The van der Waals surface area contributed by atoms with Crippen molar-refractivity contribution in [2.75, 3.05) is 20.2 Å². The predicted octanol–water partition coefficient (Wildman–Crippen LogP) is 2.68. The zero-order valence-corrected chi connectivity index (χ0v) is 10.2. The number of likely N-dealkylation sites (N-methyl/N-ethyl adjacent to an activating group) is 1. The summed E-state index contributed by atoms with van der Waals surface area (Å²) in [5, 5.41) is 0. The molecule has 0 N–H and O–H groups in total. The third-order valence-electron chi connectivity index (χ3n) is 2.32. The highest BCUT2D eigenvalue weighted by molar-refractivity contribution is 5.16. The zero-order chi connectivity index (χ0) is 12.0. The summed E-state index contributed by atoms with van der Waals surface area (Å²) in [7, 11) is 1.97. The Hall–Kier alpha value is -0.930. The van der Waals surface area contributed by atoms with Crippen LogP contribution in [0.5, 0.6) is 0 Å². The molecule has 1 aromatic carbocycles. The van der Waals surface area contributed by atoms with Crippen LogP contribution in [0.3, 0.4) is 0 Å². The van der Waals surface area contributed by atoms with Crippen molar-refractivity contribution in [1.82, 2.24) is 4.90 Å². The quantitative estimate of drug-likeness (QED) is 0.738. The Bertz CT molecular complexity index is 315. The number of benzene rings is 1. The van der Waals surface area contributed by atoms with Crippen molar-refractivity contribution in [3.63, 3.8) is 0 Å². The van der Waals surface area contributed by atoms with Crippen molar-refractivity contribution in [2.24, 2.45) is 0 Å². The van der Waals surface area contributed by atoms with Gasteiger partial charge >= 0.3 is 0 Å². The fourth-order valence-electron chi connectivity index (χ4n) is 1.44. The summed E-state index contributed by atoms with van der Waals surface area (Å²) >= 11 is 0. The summed E-state index contributed by atoms with van der Waals surface area (Å²) in [6.45, 7) is 6.14. The van der Waals surface area contributed by atoms with Crippen molar-refractivity contribution in [1.29, 1.82) is 0 Å². The van der Waals surface area contributed by atoms with E-state index in [1.165, 1.54) is 6.07 Å². The molecule has 0 fully saturated rings. The highest BCUT2D eigenvalue weighted by Gasteiger charge is 2.04. The Morgan fingerprint density at radius 2 is 2.00 bits per heavy atom. The molecule has 0 atom stereocenters. The van der Waals surface area contributed by atoms with Crippen molar-refractivity contribution in [3.8, 4) is 0 Å². The molecule has 0 aliphatic heterocycles. The molecular formula is C13H20FNO. The van der Waals surface area contributed by atoms with Gasteiger partial charge in [-0.25, -0.2) is 4.39 Å². The van der Waals surface area contributed by atoms with Gasteiger partial charge < -0.3 is 4.74 Å². The Balaban J connectivity index is 2.34. The molecule has 2 nitrogen and oxygen atoms in total. The third kappa shape index (κ3) is 4.73. The summed E-state index contributed by atoms with van der Waals surface area (Å²) < 4.78 is 18.8. The van der Waals surface area contributed by atoms with Crippen molar-refractivity contribution in [2.45, 2.75) is 26.5 Å². The fourth-order valence-corrected chi connectivity index (χ4v) is 1.44. The largest absolute Gasteiger partial charge is 0.377 e. The van der Waals surface area contributed by atoms with Crippen LogP contribution in [-0.2, 0) is 11.3 Å². The van der Waals surface area contributed by atoms with E-state index in [1.54, 1.807) is 6.07 Å². The van der Waals surface area contributed by atoms with E-state index < -0.39 is 0 Å². The summed E-state index contributed by atoms with van der Waals surface area (Å²) in [6, 6.07) is 6.88. The molecular weight excluding hydrogens is 205 g/mol. The minimum Gasteiger partial charge on any atom is -0.377 e. The van der Waals surface area contributed by atoms with E-state index in [2.05, 4.69) is 4.90 Å². The van der Waals surface area contributed by atoms with Crippen LogP contribution < -0.4 is 0 Å². The van der Waals surface area contributed by atoms with Gasteiger partial charge in [0.1, 0.15) is 5.82 Å². The van der Waals surface area contributed by atoms with Gasteiger partial charge in [0.2, 0.25) is 0 Å². The van der Waals surface area contributed by atoms with Crippen molar-refractivity contribution in [3.05, 3.63) is 35.6 Å². The lowest BCUT2D eigenvalue weighted by Gasteiger charge is -2.17. The Labute approximate surface area is 97.0 Å². The number of hydrogen-bond acceptors (Lipinski definition) is 2. The fraction of sp³-hybridized carbons (Fsp3) is 0.538. The lowest BCUT2D eigenvalue weighted by molar-refractivity contribution is 0.0625. The van der Waals surface area contributed by atoms with Crippen LogP contribution in [0, 0.1) is 5.82 Å². The SMILES string of the molecule is CC(C)OCCN(C)Cc1ccccc1F. The molecule has 1 rings (SSSR count). The lowest BCUT2D eigenvalue weighted by atomic mass is 10.2. The normalized spacial score (nSPS) is 11.4. The van der Waals surface area contributed by atoms with Crippen LogP contribution in [0.1, 0.15) is 19.4 Å². The second-order valence-corrected chi connectivity index (χ2v) is 4.25. The van der Waals surface area contributed by atoms with Crippen LogP contribution in [0.4, 0.5) is 4.39 Å². The van der Waals surface area contributed by atoms with E-state index >= 15 is 0 Å². The molecule has 0 unspecified atom stereocenters. The highest BCUT2D eigenvalue weighted by atomic mass is 19.1. The van der Waals surface area contributed by atoms with E-state index in [0.29, 0.717) is 13.2 Å². The molecule has 0 amide bonds. The first kappa shape index (κ1) is 13.1. The van der Waals surface area contributed by atoms with Gasteiger partial charge in [0.25, 0.3) is 0 Å². The van der Waals surface area contributed by atoms with Gasteiger partial charge in [0.05, 0.1) is 12.7 Å². The average Bonchev–Trinajstić information content (AvgIpc) is 2.21. The minimum absolute atomic E-state index is 0.140. The monoisotopic (exact) mass is 225 g/mol. The summed E-state index contributed by atoms with van der Waals surface area (Å²) in [4.78, 5) is 2.06. The molecule has 0 aliphatic carbocycles. The summed E-state index contributed by atoms with van der Waals surface area (Å²) in [5.41, 5.74) is 0.731. The van der Waals surface area contributed by atoms with Crippen LogP contribution in [0.15, 0.2) is 24.3 Å². The number of halogens is 1. The van der Waals surface area contributed by atoms with Crippen LogP contribution in [-0.4, -0.2) is 31.2 Å². The number of ether oxygens (including phenoxy) is 1. The van der Waals surface area contributed by atoms with E-state index in [1.807, 2.05) is 33.0 Å². The van der Waals surface area contributed by atoms with Crippen LogP contribution in [0.25, 0.3) is 0 Å². The Kier molecular flexibility index (Phi) is 5.43. The number of hydrogen-bond donors (Lipinski definition) is 0. The molecule has 0 spiro atoms. The maximum absolute atomic E-state index is 13.3. The maximum Gasteiger partial charge on any atom is 0.127 e. The molecule has 0 saturated heterocycles. The first-order chi connectivity index (χ1) is 7.59. The van der Waals surface area contributed by atoms with Crippen LogP contribution >= 0.6 is 0 Å². The molecule has 3 heteroatoms. The van der Waals surface area contributed by atoms with Gasteiger partial charge in [0, 0.05) is 18.7 Å². The third-order valence-corrected chi connectivity index (χ3v) is 2.32. The molecule has 0 radical (unpaired) electrons. The van der Waals surface area contributed by atoms with Crippen molar-refractivity contribution >= 4 is 0 Å². The summed E-state index contributed by atoms with van der Waals surface area (Å²) in [6.07, 6.45) is 0.252. The lowest BCUT2D eigenvalue weighted by Crippen LogP contribution is -2.24. The molecule has 0 heterocycles. The van der Waals surface area contributed by atoms with E-state index in [9.17, 15) is 4.39 Å². The smallest absolute Gasteiger partial charge is 0.127 e. The summed E-state index contributed by atoms with van der Waals surface area (Å²) in [5.74, 6) is -0.140. The van der Waals surface area contributed by atoms with Gasteiger partial charge in [-0.05, 0) is 27.0 Å². The van der Waals surface area contributed by atoms with Gasteiger partial charge in [-0.15, -0.1) is 0 Å². The van der Waals surface area contributed by atoms with Crippen LogP contribution in [0.2, 0.25) is 0 Å². The van der Waals surface area contributed by atoms with E-state index in [-0.39, 0.29) is 11.9 Å². The number of nitrogens with zero attached hydrogens (tertiary/aromatic N) is 1. The average molecular weight is 225 g/mol. The first-order valence-corrected chi connectivity index (χ1v) is 5.63. The molecule has 0 aromatic heterocycles. The molecule has 16 heavy (non-hydrogen) atoms. The van der Waals surface area contributed by atoms with E-state index in [0.717, 1.165) is 12.1 Å². The van der Waals surface area contributed by atoms with E-state index in [4.69, 9.17) is 4.74 Å². The molecule has 0 saturated carbocycles. The minimum atomic E-state index is -0.140. The first-order valence-electron chi connectivity index (χ1n) is 5.63. The second kappa shape index (κ2) is 6.61. The maximum atomic E-state index is 13.3. The van der Waals surface area contributed by atoms with Gasteiger partial charge in [0.15, 0.2) is 0 Å². The van der Waals surface area contributed by atoms with Gasteiger partial charge in [-0.3, -0.25) is 4.90 Å². The number of rotatable bonds is 6. The Morgan fingerprint density at radius 3 is 2.62 bits per heavy atom. The second-order valence-electron chi connectivity index (χ2n) is 4.25. The van der Waals surface area contributed by atoms with Crippen molar-refractivity contribution < 1.29 is 9.13 Å².